The van der Waals surface area contributed by atoms with Gasteiger partial charge in [-0.05, 0) is 42.3 Å². The quantitative estimate of drug-likeness (QED) is 0.674. The van der Waals surface area contributed by atoms with E-state index < -0.39 is 0 Å². The second-order valence-electron chi connectivity index (χ2n) is 5.56. The van der Waals surface area contributed by atoms with Crippen molar-refractivity contribution in [3.05, 3.63) is 65.2 Å². The van der Waals surface area contributed by atoms with Crippen LogP contribution in [-0.4, -0.2) is 21.0 Å². The number of hydrogen-bond donors (Lipinski definition) is 3. The zero-order chi connectivity index (χ0) is 17.1. The maximum absolute atomic E-state index is 13.0. The molecule has 5 nitrogen and oxygen atoms in total. The number of aliphatic hydroxyl groups excluding tert-OH is 1. The fourth-order valence-corrected chi connectivity index (χ4v) is 2.64. The average molecular weight is 327 g/mol. The summed E-state index contributed by atoms with van der Waals surface area (Å²) in [6, 6.07) is 11.1. The topological polar surface area (TPSA) is 78.0 Å². The first kappa shape index (κ1) is 16.1. The van der Waals surface area contributed by atoms with Crippen LogP contribution in [0.25, 0.3) is 11.0 Å². The van der Waals surface area contributed by atoms with Crippen molar-refractivity contribution in [2.75, 3.05) is 0 Å². The van der Waals surface area contributed by atoms with Gasteiger partial charge < -0.3 is 15.4 Å². The van der Waals surface area contributed by atoms with Crippen molar-refractivity contribution in [2.45, 2.75) is 26.0 Å². The molecule has 6 heteroatoms. The van der Waals surface area contributed by atoms with Crippen LogP contribution in [0, 0.1) is 5.82 Å². The lowest BCUT2D eigenvalue weighted by Gasteiger charge is -2.17. The van der Waals surface area contributed by atoms with Crippen LogP contribution in [0.2, 0.25) is 0 Å². The van der Waals surface area contributed by atoms with Gasteiger partial charge in [-0.3, -0.25) is 4.79 Å². The van der Waals surface area contributed by atoms with Crippen molar-refractivity contribution in [1.82, 2.24) is 15.3 Å². The molecule has 0 unspecified atom stereocenters. The van der Waals surface area contributed by atoms with Crippen LogP contribution >= 0.6 is 0 Å². The molecule has 1 heterocycles. The molecule has 1 amide bonds. The zero-order valence-electron chi connectivity index (χ0n) is 13.2. The van der Waals surface area contributed by atoms with E-state index >= 15 is 0 Å². The highest BCUT2D eigenvalue weighted by atomic mass is 19.1. The summed E-state index contributed by atoms with van der Waals surface area (Å²) < 4.78 is 13.0. The molecule has 0 bridgehead atoms. The number of fused-ring (bicyclic) bond motifs is 1. The molecule has 0 saturated carbocycles. The van der Waals surface area contributed by atoms with Gasteiger partial charge >= 0.3 is 0 Å². The van der Waals surface area contributed by atoms with Gasteiger partial charge in [-0.15, -0.1) is 0 Å². The number of hydrogen-bond acceptors (Lipinski definition) is 3. The Labute approximate surface area is 138 Å². The van der Waals surface area contributed by atoms with Crippen molar-refractivity contribution < 1.29 is 14.3 Å². The first-order valence-corrected chi connectivity index (χ1v) is 7.76. The molecule has 124 valence electrons. The van der Waals surface area contributed by atoms with Gasteiger partial charge in [0.05, 0.1) is 17.1 Å². The molecule has 2 aromatic carbocycles. The Hall–Kier alpha value is -2.73. The number of rotatable bonds is 5. The van der Waals surface area contributed by atoms with E-state index in [2.05, 4.69) is 15.3 Å². The highest BCUT2D eigenvalue weighted by Crippen LogP contribution is 2.19. The van der Waals surface area contributed by atoms with Gasteiger partial charge in [0.25, 0.3) is 5.91 Å². The summed E-state index contributed by atoms with van der Waals surface area (Å²) in [5.41, 5.74) is 2.75. The van der Waals surface area contributed by atoms with Gasteiger partial charge in [-0.2, -0.15) is 0 Å². The number of nitrogens with one attached hydrogen (secondary N) is 2. The van der Waals surface area contributed by atoms with E-state index in [-0.39, 0.29) is 24.4 Å². The van der Waals surface area contributed by atoms with Gasteiger partial charge in [-0.25, -0.2) is 9.37 Å². The molecule has 0 aliphatic carbocycles. The minimum absolute atomic E-state index is 0.182. The number of H-pyrrole nitrogens is 1. The number of aromatic nitrogens is 2. The summed E-state index contributed by atoms with van der Waals surface area (Å²) in [4.78, 5) is 19.7. The highest BCUT2D eigenvalue weighted by molar-refractivity contribution is 5.97. The summed E-state index contributed by atoms with van der Waals surface area (Å²) in [6.07, 6.45) is 0.693. The Balaban J connectivity index is 1.81. The van der Waals surface area contributed by atoms with Crippen LogP contribution in [0.5, 0.6) is 0 Å². The zero-order valence-corrected chi connectivity index (χ0v) is 13.2. The molecule has 3 aromatic rings. The molecule has 0 spiro atoms. The number of benzene rings is 2. The summed E-state index contributed by atoms with van der Waals surface area (Å²) in [6.45, 7) is 1.78. The highest BCUT2D eigenvalue weighted by Gasteiger charge is 2.15. The Morgan fingerprint density at radius 1 is 1.29 bits per heavy atom. The molecule has 1 aromatic heterocycles. The Kier molecular flexibility index (Phi) is 4.57. The normalized spacial score (nSPS) is 12.3. The predicted molar refractivity (Wildman–Crippen MR) is 88.9 cm³/mol. The number of halogens is 1. The molecule has 0 aliphatic heterocycles. The largest absolute Gasteiger partial charge is 0.388 e. The van der Waals surface area contributed by atoms with Gasteiger partial charge in [0, 0.05) is 5.56 Å². The summed E-state index contributed by atoms with van der Waals surface area (Å²) >= 11 is 0. The maximum atomic E-state index is 13.0. The third kappa shape index (κ3) is 3.28. The van der Waals surface area contributed by atoms with Crippen LogP contribution in [0.15, 0.2) is 42.5 Å². The molecule has 0 fully saturated rings. The smallest absolute Gasteiger partial charge is 0.251 e. The SMILES string of the molecule is CC[C@H](NC(=O)c1ccc2nc(CO)[nH]c2c1)c1ccc(F)cc1. The van der Waals surface area contributed by atoms with Crippen LogP contribution in [0.4, 0.5) is 4.39 Å². The third-order valence-corrected chi connectivity index (χ3v) is 3.93. The predicted octanol–water partition coefficient (Wildman–Crippen LogP) is 3.08. The van der Waals surface area contributed by atoms with Crippen molar-refractivity contribution in [1.29, 1.82) is 0 Å². The van der Waals surface area contributed by atoms with E-state index in [1.807, 2.05) is 6.92 Å². The minimum atomic E-state index is -0.302. The van der Waals surface area contributed by atoms with E-state index in [1.165, 1.54) is 12.1 Å². The minimum Gasteiger partial charge on any atom is -0.388 e. The second kappa shape index (κ2) is 6.80. The lowest BCUT2D eigenvalue weighted by Crippen LogP contribution is -2.28. The maximum Gasteiger partial charge on any atom is 0.251 e. The van der Waals surface area contributed by atoms with Crippen LogP contribution in [0.3, 0.4) is 0 Å². The fraction of sp³-hybridized carbons (Fsp3) is 0.222. The molecule has 3 N–H and O–H groups in total. The molecule has 0 aliphatic rings. The van der Waals surface area contributed by atoms with Gasteiger partial charge in [-0.1, -0.05) is 19.1 Å². The number of aliphatic hydroxyl groups is 1. The Morgan fingerprint density at radius 2 is 2.04 bits per heavy atom. The first-order valence-electron chi connectivity index (χ1n) is 7.76. The summed E-state index contributed by atoms with van der Waals surface area (Å²) in [5.74, 6) is -0.0576. The number of carbonyl (C=O) groups is 1. The Morgan fingerprint density at radius 3 is 2.71 bits per heavy atom. The Bertz CT molecular complexity index is 858. The fourth-order valence-electron chi connectivity index (χ4n) is 2.64. The van der Waals surface area contributed by atoms with Gasteiger partial charge in [0.2, 0.25) is 0 Å². The molecule has 0 saturated heterocycles. The van der Waals surface area contributed by atoms with Gasteiger partial charge in [0.15, 0.2) is 0 Å². The average Bonchev–Trinajstić information content (AvgIpc) is 3.02. The van der Waals surface area contributed by atoms with Crippen LogP contribution < -0.4 is 5.32 Å². The van der Waals surface area contributed by atoms with E-state index in [9.17, 15) is 9.18 Å². The van der Waals surface area contributed by atoms with E-state index in [4.69, 9.17) is 5.11 Å². The third-order valence-electron chi connectivity index (χ3n) is 3.93. The standard InChI is InChI=1S/C18H18FN3O2/c1-2-14(11-3-6-13(19)7-4-11)22-18(24)12-5-8-15-16(9-12)21-17(10-23)20-15/h3-9,14,23H,2,10H2,1H3,(H,20,21)(H,22,24)/t14-/m0/s1. The number of carbonyl (C=O) groups excluding carboxylic acids is 1. The molecule has 3 rings (SSSR count). The lowest BCUT2D eigenvalue weighted by molar-refractivity contribution is 0.0935. The lowest BCUT2D eigenvalue weighted by atomic mass is 10.0. The number of imidazole rings is 1. The number of amides is 1. The van der Waals surface area contributed by atoms with Crippen molar-refractivity contribution >= 4 is 16.9 Å². The molecule has 24 heavy (non-hydrogen) atoms. The molecule has 0 radical (unpaired) electrons. The summed E-state index contributed by atoms with van der Waals surface area (Å²) in [7, 11) is 0. The molecular weight excluding hydrogens is 309 g/mol. The monoisotopic (exact) mass is 327 g/mol. The first-order chi connectivity index (χ1) is 11.6. The van der Waals surface area contributed by atoms with Crippen molar-refractivity contribution in [3.63, 3.8) is 0 Å². The second-order valence-corrected chi connectivity index (χ2v) is 5.56. The number of aromatic amines is 1. The summed E-state index contributed by atoms with van der Waals surface area (Å²) in [5, 5.41) is 12.1. The van der Waals surface area contributed by atoms with Crippen LogP contribution in [-0.2, 0) is 6.61 Å². The van der Waals surface area contributed by atoms with Crippen molar-refractivity contribution in [2.24, 2.45) is 0 Å². The van der Waals surface area contributed by atoms with E-state index in [0.29, 0.717) is 28.8 Å². The van der Waals surface area contributed by atoms with Gasteiger partial charge in [0.1, 0.15) is 18.2 Å². The molecule has 1 atom stereocenters. The number of nitrogens with zero attached hydrogens (tertiary/aromatic N) is 1. The van der Waals surface area contributed by atoms with E-state index in [1.54, 1.807) is 30.3 Å². The van der Waals surface area contributed by atoms with Crippen molar-refractivity contribution in [3.8, 4) is 0 Å². The molecular formula is C18H18FN3O2. The van der Waals surface area contributed by atoms with E-state index in [0.717, 1.165) is 5.56 Å². The van der Waals surface area contributed by atoms with Crippen LogP contribution in [0.1, 0.15) is 41.1 Å².